The number of cyclic esters (lactones) is 1. The summed E-state index contributed by atoms with van der Waals surface area (Å²) in [6.07, 6.45) is -0.634. The highest BCUT2D eigenvalue weighted by Crippen LogP contribution is 2.28. The first-order chi connectivity index (χ1) is 14.4. The molecule has 3 N–H and O–H groups in total. The molecule has 2 aliphatic heterocycles. The van der Waals surface area contributed by atoms with E-state index >= 15 is 0 Å². The van der Waals surface area contributed by atoms with E-state index in [-0.39, 0.29) is 12.0 Å². The third-order valence-electron chi connectivity index (χ3n) is 5.46. The number of aliphatic hydroxyl groups is 1. The summed E-state index contributed by atoms with van der Waals surface area (Å²) in [5, 5.41) is 12.9. The molecular weight excluding hydrogens is 412 g/mol. The third kappa shape index (κ3) is 3.06. The average molecular weight is 429 g/mol. The number of aryl methyl sites for hydroxylation is 1. The standard InChI is InChI=1S/C20H17ClN4O5/c21-10-3-1-2-9(6-10)11-7-12-17(23-11)19(28)25-14(4-5-15(25)22-12)18(27)24-13-8-16(26)30-20(13)29/h1-3,6-7,13-14,20,23,29H,4-5,8H2,(H,24,27). The number of amides is 1. The quantitative estimate of drug-likeness (QED) is 0.539. The number of hydrogen-bond acceptors (Lipinski definition) is 6. The molecule has 1 amide bonds. The van der Waals surface area contributed by atoms with Gasteiger partial charge in [0.05, 0.1) is 11.9 Å². The molecule has 3 atom stereocenters. The van der Waals surface area contributed by atoms with Crippen LogP contribution in [0.3, 0.4) is 0 Å². The Labute approximate surface area is 174 Å². The summed E-state index contributed by atoms with van der Waals surface area (Å²) >= 11 is 6.06. The molecule has 5 rings (SSSR count). The fraction of sp³-hybridized carbons (Fsp3) is 0.300. The minimum Gasteiger partial charge on any atom is -0.434 e. The largest absolute Gasteiger partial charge is 0.434 e. The van der Waals surface area contributed by atoms with Gasteiger partial charge in [-0.05, 0) is 30.2 Å². The molecule has 0 bridgehead atoms. The predicted molar refractivity (Wildman–Crippen MR) is 107 cm³/mol. The van der Waals surface area contributed by atoms with Crippen LogP contribution in [0, 0.1) is 0 Å². The average Bonchev–Trinajstić information content (AvgIpc) is 3.39. The Bertz CT molecular complexity index is 1250. The molecule has 0 aliphatic carbocycles. The number of rotatable bonds is 3. The van der Waals surface area contributed by atoms with Crippen molar-refractivity contribution in [2.45, 2.75) is 37.6 Å². The van der Waals surface area contributed by atoms with Gasteiger partial charge in [0.2, 0.25) is 12.2 Å². The van der Waals surface area contributed by atoms with Crippen LogP contribution in [0.15, 0.2) is 35.1 Å². The smallest absolute Gasteiger partial charge is 0.310 e. The molecule has 3 unspecified atom stereocenters. The van der Waals surface area contributed by atoms with Gasteiger partial charge in [-0.3, -0.25) is 19.0 Å². The van der Waals surface area contributed by atoms with Crippen LogP contribution in [0.5, 0.6) is 0 Å². The zero-order valence-electron chi connectivity index (χ0n) is 15.6. The van der Waals surface area contributed by atoms with Gasteiger partial charge in [-0.15, -0.1) is 0 Å². The Hall–Kier alpha value is -3.17. The molecular formula is C20H17ClN4O5. The lowest BCUT2D eigenvalue weighted by Crippen LogP contribution is -2.44. The molecule has 1 aromatic carbocycles. The number of fused-ring (bicyclic) bond motifs is 2. The predicted octanol–water partition coefficient (Wildman–Crippen LogP) is 1.28. The van der Waals surface area contributed by atoms with Crippen molar-refractivity contribution in [2.75, 3.05) is 0 Å². The molecule has 10 heteroatoms. The zero-order valence-corrected chi connectivity index (χ0v) is 16.3. The van der Waals surface area contributed by atoms with Crippen LogP contribution in [-0.4, -0.2) is 43.8 Å². The molecule has 30 heavy (non-hydrogen) atoms. The van der Waals surface area contributed by atoms with Crippen LogP contribution < -0.4 is 10.9 Å². The number of nitrogens with zero attached hydrogens (tertiary/aromatic N) is 2. The van der Waals surface area contributed by atoms with E-state index in [2.05, 4.69) is 20.0 Å². The zero-order chi connectivity index (χ0) is 21.0. The van der Waals surface area contributed by atoms with Crippen LogP contribution in [0.1, 0.15) is 24.7 Å². The highest BCUT2D eigenvalue weighted by Gasteiger charge is 2.38. The van der Waals surface area contributed by atoms with Crippen LogP contribution in [0.25, 0.3) is 22.3 Å². The highest BCUT2D eigenvalue weighted by atomic mass is 35.5. The fourth-order valence-corrected chi connectivity index (χ4v) is 4.21. The first-order valence-electron chi connectivity index (χ1n) is 9.49. The number of aromatic amines is 1. The summed E-state index contributed by atoms with van der Waals surface area (Å²) in [6, 6.07) is 7.41. The minimum absolute atomic E-state index is 0.113. The second-order valence-electron chi connectivity index (χ2n) is 7.41. The SMILES string of the molecule is O=C1CC(NC(=O)C2CCc3nc4cc(-c5cccc(Cl)c5)[nH]c4c(=O)n32)C(O)O1. The van der Waals surface area contributed by atoms with Gasteiger partial charge in [0.1, 0.15) is 23.4 Å². The third-order valence-corrected chi connectivity index (χ3v) is 5.69. The molecule has 3 aromatic rings. The van der Waals surface area contributed by atoms with Gasteiger partial charge < -0.3 is 20.1 Å². The number of esters is 1. The molecule has 1 fully saturated rings. The maximum atomic E-state index is 13.2. The van der Waals surface area contributed by atoms with Crippen LogP contribution >= 0.6 is 11.6 Å². The summed E-state index contributed by atoms with van der Waals surface area (Å²) in [4.78, 5) is 44.9. The van der Waals surface area contributed by atoms with Gasteiger partial charge >= 0.3 is 5.97 Å². The van der Waals surface area contributed by atoms with Crippen molar-refractivity contribution in [3.8, 4) is 11.3 Å². The second kappa shape index (κ2) is 6.96. The van der Waals surface area contributed by atoms with Gasteiger partial charge in [-0.25, -0.2) is 4.98 Å². The molecule has 1 saturated heterocycles. The van der Waals surface area contributed by atoms with E-state index < -0.39 is 30.3 Å². The number of hydrogen-bond donors (Lipinski definition) is 3. The number of ether oxygens (including phenoxy) is 1. The molecule has 2 aliphatic rings. The van der Waals surface area contributed by atoms with Crippen molar-refractivity contribution in [3.63, 3.8) is 0 Å². The van der Waals surface area contributed by atoms with Crippen molar-refractivity contribution < 1.29 is 19.4 Å². The molecule has 9 nitrogen and oxygen atoms in total. The molecule has 0 saturated carbocycles. The first kappa shape index (κ1) is 18.8. The monoisotopic (exact) mass is 428 g/mol. The van der Waals surface area contributed by atoms with Crippen molar-refractivity contribution >= 4 is 34.5 Å². The topological polar surface area (TPSA) is 126 Å². The van der Waals surface area contributed by atoms with Gasteiger partial charge in [0, 0.05) is 17.1 Å². The first-order valence-corrected chi connectivity index (χ1v) is 9.86. The number of aromatic nitrogens is 3. The van der Waals surface area contributed by atoms with E-state index in [1.165, 1.54) is 4.57 Å². The Morgan fingerprint density at radius 3 is 2.90 bits per heavy atom. The van der Waals surface area contributed by atoms with Crippen LogP contribution in [0.2, 0.25) is 5.02 Å². The van der Waals surface area contributed by atoms with Crippen LogP contribution in [-0.2, 0) is 20.7 Å². The van der Waals surface area contributed by atoms with Gasteiger partial charge in [-0.2, -0.15) is 0 Å². The summed E-state index contributed by atoms with van der Waals surface area (Å²) in [5.41, 5.74) is 1.99. The molecule has 0 spiro atoms. The van der Waals surface area contributed by atoms with Crippen molar-refractivity contribution in [1.82, 2.24) is 19.9 Å². The molecule has 0 radical (unpaired) electrons. The Balaban J connectivity index is 1.49. The van der Waals surface area contributed by atoms with Gasteiger partial charge in [0.15, 0.2) is 0 Å². The maximum absolute atomic E-state index is 13.2. The lowest BCUT2D eigenvalue weighted by Gasteiger charge is -2.18. The van der Waals surface area contributed by atoms with E-state index in [0.717, 1.165) is 5.56 Å². The molecule has 4 heterocycles. The van der Waals surface area contributed by atoms with Crippen molar-refractivity contribution in [3.05, 3.63) is 51.5 Å². The lowest BCUT2D eigenvalue weighted by molar-refractivity contribution is -0.155. The van der Waals surface area contributed by atoms with E-state index in [1.807, 2.05) is 12.1 Å². The van der Waals surface area contributed by atoms with E-state index in [1.54, 1.807) is 18.2 Å². The second-order valence-corrected chi connectivity index (χ2v) is 7.85. The summed E-state index contributed by atoms with van der Waals surface area (Å²) < 4.78 is 6.02. The number of aliphatic hydroxyl groups excluding tert-OH is 1. The van der Waals surface area contributed by atoms with Gasteiger partial charge in [-0.1, -0.05) is 23.7 Å². The minimum atomic E-state index is -1.39. The summed E-state index contributed by atoms with van der Waals surface area (Å²) in [7, 11) is 0. The summed E-state index contributed by atoms with van der Waals surface area (Å²) in [5.74, 6) is -0.523. The number of halogens is 1. The summed E-state index contributed by atoms with van der Waals surface area (Å²) in [6.45, 7) is 0. The Kier molecular flexibility index (Phi) is 4.37. The number of carbonyl (C=O) groups is 2. The maximum Gasteiger partial charge on any atom is 0.310 e. The molecule has 154 valence electrons. The Morgan fingerprint density at radius 1 is 1.33 bits per heavy atom. The van der Waals surface area contributed by atoms with E-state index in [9.17, 15) is 19.5 Å². The molecule has 2 aromatic heterocycles. The van der Waals surface area contributed by atoms with Crippen molar-refractivity contribution in [1.29, 1.82) is 0 Å². The van der Waals surface area contributed by atoms with E-state index in [0.29, 0.717) is 40.4 Å². The lowest BCUT2D eigenvalue weighted by atomic mass is 10.1. The van der Waals surface area contributed by atoms with Gasteiger partial charge in [0.25, 0.3) is 5.56 Å². The fourth-order valence-electron chi connectivity index (χ4n) is 4.02. The Morgan fingerprint density at radius 2 is 2.17 bits per heavy atom. The number of benzene rings is 1. The van der Waals surface area contributed by atoms with E-state index in [4.69, 9.17) is 11.6 Å². The number of nitrogens with one attached hydrogen (secondary N) is 2. The van der Waals surface area contributed by atoms with Crippen molar-refractivity contribution in [2.24, 2.45) is 0 Å². The normalized spacial score (nSPS) is 22.9. The number of carbonyl (C=O) groups excluding carboxylic acids is 2. The van der Waals surface area contributed by atoms with Crippen LogP contribution in [0.4, 0.5) is 0 Å². The highest BCUT2D eigenvalue weighted by molar-refractivity contribution is 6.30. The number of H-pyrrole nitrogens is 1.